The van der Waals surface area contributed by atoms with Gasteiger partial charge < -0.3 is 15.0 Å². The monoisotopic (exact) mass is 352 g/mol. The van der Waals surface area contributed by atoms with Crippen molar-refractivity contribution in [2.75, 3.05) is 18.0 Å². The molecule has 1 aromatic carbocycles. The zero-order valence-electron chi connectivity index (χ0n) is 15.2. The summed E-state index contributed by atoms with van der Waals surface area (Å²) in [6, 6.07) is 10.5. The van der Waals surface area contributed by atoms with Gasteiger partial charge in [-0.1, -0.05) is 18.2 Å². The summed E-state index contributed by atoms with van der Waals surface area (Å²) >= 11 is 0. The van der Waals surface area contributed by atoms with Crippen LogP contribution >= 0.6 is 0 Å². The Labute approximate surface area is 153 Å². The smallest absolute Gasteiger partial charge is 0.217 e. The van der Waals surface area contributed by atoms with E-state index in [1.807, 2.05) is 18.2 Å². The summed E-state index contributed by atoms with van der Waals surface area (Å²) in [5.74, 6) is 2.37. The predicted molar refractivity (Wildman–Crippen MR) is 99.4 cm³/mol. The first-order valence-corrected chi connectivity index (χ1v) is 9.15. The number of aryl methyl sites for hydroxylation is 1. The van der Waals surface area contributed by atoms with E-state index in [0.717, 1.165) is 48.8 Å². The maximum atomic E-state index is 11.1. The lowest BCUT2D eigenvalue weighted by molar-refractivity contribution is -0.120. The zero-order chi connectivity index (χ0) is 18.1. The molecule has 1 aromatic heterocycles. The highest BCUT2D eigenvalue weighted by atomic mass is 16.5. The van der Waals surface area contributed by atoms with Crippen LogP contribution < -0.4 is 15.0 Å². The largest absolute Gasteiger partial charge is 0.486 e. The molecule has 6 nitrogen and oxygen atoms in total. The maximum absolute atomic E-state index is 11.1. The number of nitrogens with one attached hydrogen (secondary N) is 1. The predicted octanol–water partition coefficient (Wildman–Crippen LogP) is 2.43. The van der Waals surface area contributed by atoms with E-state index < -0.39 is 0 Å². The van der Waals surface area contributed by atoms with Gasteiger partial charge in [-0.2, -0.15) is 0 Å². The van der Waals surface area contributed by atoms with Crippen molar-refractivity contribution in [2.24, 2.45) is 0 Å². The number of hydrogen-bond donors (Lipinski definition) is 1. The standard InChI is InChI=1S/C20H24N4O2/c1-13-5-3-4-6-19(13)26-17-10-24(11-17)20-9-18(21-12-22-20)15-7-16(8-15)23-14(2)25/h3-6,9,12,15-17H,7-8,10-11H2,1-2H3,(H,23,25). The summed E-state index contributed by atoms with van der Waals surface area (Å²) in [5, 5.41) is 2.96. The molecule has 1 saturated heterocycles. The van der Waals surface area contributed by atoms with Gasteiger partial charge in [0.05, 0.1) is 13.1 Å². The molecular weight excluding hydrogens is 328 g/mol. The number of carbonyl (C=O) groups is 1. The Morgan fingerprint density at radius 2 is 2.00 bits per heavy atom. The summed E-state index contributed by atoms with van der Waals surface area (Å²) < 4.78 is 6.07. The second kappa shape index (κ2) is 6.94. The minimum absolute atomic E-state index is 0.0390. The van der Waals surface area contributed by atoms with Crippen molar-refractivity contribution in [3.05, 3.63) is 47.9 Å². The molecule has 0 unspecified atom stereocenters. The molecule has 1 amide bonds. The van der Waals surface area contributed by atoms with Gasteiger partial charge in [-0.05, 0) is 31.4 Å². The third-order valence-corrected chi connectivity index (χ3v) is 5.20. The van der Waals surface area contributed by atoms with Crippen molar-refractivity contribution < 1.29 is 9.53 Å². The lowest BCUT2D eigenvalue weighted by Gasteiger charge is -2.40. The number of ether oxygens (including phenoxy) is 1. The van der Waals surface area contributed by atoms with Crippen LogP contribution in [0.25, 0.3) is 0 Å². The number of para-hydroxylation sites is 1. The second-order valence-corrected chi connectivity index (χ2v) is 7.28. The normalized spacial score (nSPS) is 22.3. The first kappa shape index (κ1) is 16.8. The van der Waals surface area contributed by atoms with E-state index in [0.29, 0.717) is 5.92 Å². The molecule has 0 spiro atoms. The van der Waals surface area contributed by atoms with Crippen molar-refractivity contribution >= 4 is 11.7 Å². The van der Waals surface area contributed by atoms with Gasteiger partial charge in [0.1, 0.15) is 24.0 Å². The summed E-state index contributed by atoms with van der Waals surface area (Å²) in [4.78, 5) is 22.2. The van der Waals surface area contributed by atoms with Gasteiger partial charge in [0.25, 0.3) is 0 Å². The van der Waals surface area contributed by atoms with Crippen LogP contribution in [0.15, 0.2) is 36.7 Å². The first-order valence-electron chi connectivity index (χ1n) is 9.15. The summed E-state index contributed by atoms with van der Waals surface area (Å²) in [7, 11) is 0. The Morgan fingerprint density at radius 1 is 1.23 bits per heavy atom. The Kier molecular flexibility index (Phi) is 4.49. The van der Waals surface area contributed by atoms with Gasteiger partial charge >= 0.3 is 0 Å². The van der Waals surface area contributed by atoms with E-state index in [4.69, 9.17) is 4.74 Å². The minimum atomic E-state index is 0.0390. The van der Waals surface area contributed by atoms with E-state index in [1.54, 1.807) is 13.3 Å². The van der Waals surface area contributed by atoms with Gasteiger partial charge in [0.2, 0.25) is 5.91 Å². The molecular formula is C20H24N4O2. The fraction of sp³-hybridized carbons (Fsp3) is 0.450. The van der Waals surface area contributed by atoms with Crippen LogP contribution in [0, 0.1) is 6.92 Å². The molecule has 2 heterocycles. The van der Waals surface area contributed by atoms with Crippen molar-refractivity contribution in [2.45, 2.75) is 44.8 Å². The Morgan fingerprint density at radius 3 is 2.73 bits per heavy atom. The van der Waals surface area contributed by atoms with Crippen LogP contribution in [0.5, 0.6) is 5.75 Å². The van der Waals surface area contributed by atoms with Gasteiger partial charge in [-0.25, -0.2) is 9.97 Å². The molecule has 1 aliphatic heterocycles. The molecule has 4 rings (SSSR count). The summed E-state index contributed by atoms with van der Waals surface area (Å²) in [6.45, 7) is 5.30. The molecule has 6 heteroatoms. The van der Waals surface area contributed by atoms with Crippen molar-refractivity contribution in [3.63, 3.8) is 0 Å². The van der Waals surface area contributed by atoms with E-state index in [2.05, 4.69) is 39.2 Å². The second-order valence-electron chi connectivity index (χ2n) is 7.28. The van der Waals surface area contributed by atoms with Crippen LogP contribution in [-0.2, 0) is 4.79 Å². The number of anilines is 1. The van der Waals surface area contributed by atoms with Gasteiger partial charge in [-0.15, -0.1) is 0 Å². The molecule has 0 bridgehead atoms. The average Bonchev–Trinajstić information content (AvgIpc) is 2.55. The molecule has 1 N–H and O–H groups in total. The van der Waals surface area contributed by atoms with Crippen molar-refractivity contribution in [3.8, 4) is 5.75 Å². The van der Waals surface area contributed by atoms with Crippen LogP contribution in [-0.4, -0.2) is 41.1 Å². The van der Waals surface area contributed by atoms with Crippen LogP contribution in [0.3, 0.4) is 0 Å². The third-order valence-electron chi connectivity index (χ3n) is 5.20. The topological polar surface area (TPSA) is 67.4 Å². The van der Waals surface area contributed by atoms with Gasteiger partial charge in [-0.3, -0.25) is 4.79 Å². The number of nitrogens with zero attached hydrogens (tertiary/aromatic N) is 3. The van der Waals surface area contributed by atoms with Crippen LogP contribution in [0.4, 0.5) is 5.82 Å². The molecule has 2 fully saturated rings. The zero-order valence-corrected chi connectivity index (χ0v) is 15.2. The SMILES string of the molecule is CC(=O)NC1CC(c2cc(N3CC(Oc4ccccc4C)C3)ncn2)C1. The number of amides is 1. The van der Waals surface area contributed by atoms with Crippen molar-refractivity contribution in [1.29, 1.82) is 0 Å². The fourth-order valence-electron chi connectivity index (χ4n) is 3.59. The summed E-state index contributed by atoms with van der Waals surface area (Å²) in [6.07, 6.45) is 3.75. The Bertz CT molecular complexity index is 798. The lowest BCUT2D eigenvalue weighted by Crippen LogP contribution is -2.54. The number of benzene rings is 1. The minimum Gasteiger partial charge on any atom is -0.486 e. The Hall–Kier alpha value is -2.63. The lowest BCUT2D eigenvalue weighted by atomic mass is 9.78. The molecule has 2 aliphatic rings. The van der Waals surface area contributed by atoms with E-state index in [1.165, 1.54) is 0 Å². The van der Waals surface area contributed by atoms with E-state index >= 15 is 0 Å². The third kappa shape index (κ3) is 3.49. The first-order chi connectivity index (χ1) is 12.6. The molecule has 0 radical (unpaired) electrons. The molecule has 26 heavy (non-hydrogen) atoms. The summed E-state index contributed by atoms with van der Waals surface area (Å²) in [5.41, 5.74) is 2.23. The quantitative estimate of drug-likeness (QED) is 0.895. The van der Waals surface area contributed by atoms with Gasteiger partial charge in [0, 0.05) is 30.6 Å². The maximum Gasteiger partial charge on any atom is 0.217 e. The van der Waals surface area contributed by atoms with E-state index in [9.17, 15) is 4.79 Å². The van der Waals surface area contributed by atoms with Crippen molar-refractivity contribution in [1.82, 2.24) is 15.3 Å². The molecule has 136 valence electrons. The number of aromatic nitrogens is 2. The van der Waals surface area contributed by atoms with Gasteiger partial charge in [0.15, 0.2) is 0 Å². The fourth-order valence-corrected chi connectivity index (χ4v) is 3.59. The number of carbonyl (C=O) groups excluding carboxylic acids is 1. The molecule has 2 aromatic rings. The van der Waals surface area contributed by atoms with Crippen LogP contribution in [0.2, 0.25) is 0 Å². The highest BCUT2D eigenvalue weighted by Crippen LogP contribution is 2.37. The number of rotatable bonds is 5. The highest BCUT2D eigenvalue weighted by Gasteiger charge is 2.34. The Balaban J connectivity index is 1.31. The number of hydrogen-bond acceptors (Lipinski definition) is 5. The molecule has 1 saturated carbocycles. The van der Waals surface area contributed by atoms with E-state index in [-0.39, 0.29) is 18.1 Å². The average molecular weight is 352 g/mol. The molecule has 0 atom stereocenters. The van der Waals surface area contributed by atoms with Crippen LogP contribution in [0.1, 0.15) is 36.9 Å². The molecule has 1 aliphatic carbocycles. The highest BCUT2D eigenvalue weighted by molar-refractivity contribution is 5.73.